The molecule has 9 heteroatoms. The lowest BCUT2D eigenvalue weighted by Gasteiger charge is -2.25. The lowest BCUT2D eigenvalue weighted by Crippen LogP contribution is -2.35. The molecular weight excluding hydrogens is 437 g/mol. The number of hydrogen-bond acceptors (Lipinski definition) is 5. The van der Waals surface area contributed by atoms with Gasteiger partial charge in [0.15, 0.2) is 0 Å². The van der Waals surface area contributed by atoms with Gasteiger partial charge in [0.25, 0.3) is 0 Å². The van der Waals surface area contributed by atoms with Gasteiger partial charge in [0.2, 0.25) is 5.91 Å². The van der Waals surface area contributed by atoms with Crippen LogP contribution >= 0.6 is 0 Å². The van der Waals surface area contributed by atoms with Crippen LogP contribution < -0.4 is 4.74 Å². The van der Waals surface area contributed by atoms with Gasteiger partial charge in [-0.15, -0.1) is 0 Å². The Hall–Kier alpha value is -3.07. The van der Waals surface area contributed by atoms with Crippen LogP contribution in [0.3, 0.4) is 0 Å². The Morgan fingerprint density at radius 1 is 0.970 bits per heavy atom. The van der Waals surface area contributed by atoms with Crippen LogP contribution in [0.15, 0.2) is 36.4 Å². The predicted octanol–water partition coefficient (Wildman–Crippen LogP) is 4.01. The summed E-state index contributed by atoms with van der Waals surface area (Å²) in [4.78, 5) is 27.4. The Labute approximate surface area is 191 Å². The number of nitrogens with zero attached hydrogens (tertiary/aromatic N) is 2. The first-order valence-electron chi connectivity index (χ1n) is 10.3. The minimum absolute atomic E-state index is 0.00582. The van der Waals surface area contributed by atoms with Crippen molar-refractivity contribution < 1.29 is 32.2 Å². The molecule has 0 bridgehead atoms. The van der Waals surface area contributed by atoms with Crippen LogP contribution in [0.5, 0.6) is 5.75 Å². The van der Waals surface area contributed by atoms with Crippen LogP contribution in [0.2, 0.25) is 0 Å². The minimum atomic E-state index is -4.53. The Balaban J connectivity index is 2.61. The highest BCUT2D eigenvalue weighted by atomic mass is 19.4. The van der Waals surface area contributed by atoms with Gasteiger partial charge in [-0.05, 0) is 55.1 Å². The maximum Gasteiger partial charge on any atom is 0.416 e. The number of carbonyl (C=O) groups is 2. The normalized spacial score (nSPS) is 11.4. The first-order chi connectivity index (χ1) is 15.5. The van der Waals surface area contributed by atoms with E-state index in [1.165, 1.54) is 32.1 Å². The van der Waals surface area contributed by atoms with E-state index in [0.29, 0.717) is 41.1 Å². The summed E-state index contributed by atoms with van der Waals surface area (Å²) in [5.74, 6) is -0.246. The van der Waals surface area contributed by atoms with E-state index in [1.807, 2.05) is 19.0 Å². The average Bonchev–Trinajstić information content (AvgIpc) is 2.75. The van der Waals surface area contributed by atoms with E-state index >= 15 is 0 Å². The number of carbonyl (C=O) groups excluding carboxylic acids is 2. The number of likely N-dealkylation sites (N-methyl/N-ethyl adjacent to an activating group) is 1. The Morgan fingerprint density at radius 2 is 1.67 bits per heavy atom. The molecule has 0 aliphatic carbocycles. The van der Waals surface area contributed by atoms with E-state index in [4.69, 9.17) is 9.47 Å². The molecule has 0 N–H and O–H groups in total. The fourth-order valence-electron chi connectivity index (χ4n) is 3.35. The highest BCUT2D eigenvalue weighted by Crippen LogP contribution is 2.38. The number of rotatable bonds is 9. The van der Waals surface area contributed by atoms with E-state index < -0.39 is 17.7 Å². The van der Waals surface area contributed by atoms with Crippen molar-refractivity contribution in [3.05, 3.63) is 53.1 Å². The fraction of sp³-hybridized carbons (Fsp3) is 0.417. The summed E-state index contributed by atoms with van der Waals surface area (Å²) in [6, 6.07) is 8.49. The van der Waals surface area contributed by atoms with Gasteiger partial charge in [-0.2, -0.15) is 13.2 Å². The molecule has 180 valence electrons. The third-order valence-electron chi connectivity index (χ3n) is 5.19. The molecule has 0 aromatic heterocycles. The number of amides is 1. The van der Waals surface area contributed by atoms with E-state index in [2.05, 4.69) is 0 Å². The number of hydrogen-bond donors (Lipinski definition) is 0. The Bertz CT molecular complexity index is 990. The zero-order valence-corrected chi connectivity index (χ0v) is 19.5. The summed E-state index contributed by atoms with van der Waals surface area (Å²) in [5, 5.41) is 0. The van der Waals surface area contributed by atoms with Gasteiger partial charge in [-0.1, -0.05) is 12.1 Å². The number of benzene rings is 2. The quantitative estimate of drug-likeness (QED) is 0.523. The molecule has 0 fully saturated rings. The summed E-state index contributed by atoms with van der Waals surface area (Å²) >= 11 is 0. The SMILES string of the molecule is COC(=O)Cc1ccc(OC)c(-c2ccc(C(F)(F)F)cc2CN(CCN(C)C)C(C)=O)c1. The second kappa shape index (κ2) is 11.2. The lowest BCUT2D eigenvalue weighted by molar-refractivity contribution is -0.140. The highest BCUT2D eigenvalue weighted by molar-refractivity contribution is 5.78. The molecule has 33 heavy (non-hydrogen) atoms. The Morgan fingerprint density at radius 3 is 2.21 bits per heavy atom. The number of alkyl halides is 3. The van der Waals surface area contributed by atoms with Crippen LogP contribution in [0.1, 0.15) is 23.6 Å². The third kappa shape index (κ3) is 7.21. The smallest absolute Gasteiger partial charge is 0.416 e. The molecule has 2 rings (SSSR count). The molecule has 2 aromatic rings. The van der Waals surface area contributed by atoms with Gasteiger partial charge in [-0.25, -0.2) is 0 Å². The van der Waals surface area contributed by atoms with Gasteiger partial charge in [0, 0.05) is 32.1 Å². The number of esters is 1. The molecule has 0 atom stereocenters. The van der Waals surface area contributed by atoms with E-state index in [-0.39, 0.29) is 18.9 Å². The van der Waals surface area contributed by atoms with Gasteiger partial charge in [-0.3, -0.25) is 9.59 Å². The van der Waals surface area contributed by atoms with Crippen LogP contribution in [0, 0.1) is 0 Å². The lowest BCUT2D eigenvalue weighted by atomic mass is 9.94. The standard InChI is InChI=1S/C24H29F3N2O4/c1-16(30)29(11-10-28(2)3)15-18-14-19(24(25,26)27)7-8-20(18)21-12-17(13-23(31)33-5)6-9-22(21)32-4/h6-9,12,14H,10-11,13,15H2,1-5H3. The molecular formula is C24H29F3N2O4. The van der Waals surface area contributed by atoms with E-state index in [9.17, 15) is 22.8 Å². The molecule has 6 nitrogen and oxygen atoms in total. The van der Waals surface area contributed by atoms with Crippen molar-refractivity contribution in [3.8, 4) is 16.9 Å². The van der Waals surface area contributed by atoms with Gasteiger partial charge in [0.1, 0.15) is 5.75 Å². The zero-order valence-electron chi connectivity index (χ0n) is 19.5. The maximum atomic E-state index is 13.5. The first kappa shape index (κ1) is 26.2. The van der Waals surface area contributed by atoms with Crippen LogP contribution in [-0.2, 0) is 33.5 Å². The molecule has 0 spiro atoms. The summed E-state index contributed by atoms with van der Waals surface area (Å²) in [7, 11) is 6.45. The fourth-order valence-corrected chi connectivity index (χ4v) is 3.35. The van der Waals surface area contributed by atoms with Gasteiger partial charge in [0.05, 0.1) is 26.2 Å². The summed E-state index contributed by atoms with van der Waals surface area (Å²) < 4.78 is 50.6. The molecule has 0 radical (unpaired) electrons. The second-order valence-electron chi connectivity index (χ2n) is 7.90. The monoisotopic (exact) mass is 466 g/mol. The third-order valence-corrected chi connectivity index (χ3v) is 5.19. The minimum Gasteiger partial charge on any atom is -0.496 e. The van der Waals surface area contributed by atoms with Crippen molar-refractivity contribution in [1.82, 2.24) is 9.80 Å². The molecule has 1 amide bonds. The molecule has 0 heterocycles. The summed E-state index contributed by atoms with van der Waals surface area (Å²) in [5.41, 5.74) is 1.16. The zero-order chi connectivity index (χ0) is 24.8. The maximum absolute atomic E-state index is 13.5. The van der Waals surface area contributed by atoms with Gasteiger partial charge >= 0.3 is 12.1 Å². The van der Waals surface area contributed by atoms with Crippen molar-refractivity contribution in [2.45, 2.75) is 26.1 Å². The number of ether oxygens (including phenoxy) is 2. The highest BCUT2D eigenvalue weighted by Gasteiger charge is 2.31. The summed E-state index contributed by atoms with van der Waals surface area (Å²) in [6.45, 7) is 2.30. The van der Waals surface area contributed by atoms with Crippen molar-refractivity contribution in [2.75, 3.05) is 41.4 Å². The topological polar surface area (TPSA) is 59.1 Å². The Kier molecular flexibility index (Phi) is 8.87. The molecule has 2 aromatic carbocycles. The average molecular weight is 467 g/mol. The van der Waals surface area contributed by atoms with Crippen LogP contribution in [-0.4, -0.2) is 63.1 Å². The van der Waals surface area contributed by atoms with Crippen molar-refractivity contribution in [2.24, 2.45) is 0 Å². The van der Waals surface area contributed by atoms with Crippen molar-refractivity contribution in [3.63, 3.8) is 0 Å². The second-order valence-corrected chi connectivity index (χ2v) is 7.90. The van der Waals surface area contributed by atoms with Crippen LogP contribution in [0.25, 0.3) is 11.1 Å². The van der Waals surface area contributed by atoms with Crippen molar-refractivity contribution in [1.29, 1.82) is 0 Å². The van der Waals surface area contributed by atoms with Crippen LogP contribution in [0.4, 0.5) is 13.2 Å². The molecule has 0 saturated carbocycles. The number of halogens is 3. The molecule has 0 unspecified atom stereocenters. The summed E-state index contributed by atoms with van der Waals surface area (Å²) in [6.07, 6.45) is -4.53. The first-order valence-corrected chi connectivity index (χ1v) is 10.3. The predicted molar refractivity (Wildman–Crippen MR) is 119 cm³/mol. The van der Waals surface area contributed by atoms with E-state index in [0.717, 1.165) is 12.1 Å². The molecule has 0 saturated heterocycles. The molecule has 0 aliphatic heterocycles. The van der Waals surface area contributed by atoms with Crippen molar-refractivity contribution >= 4 is 11.9 Å². The number of methoxy groups -OCH3 is 2. The van der Waals surface area contributed by atoms with E-state index in [1.54, 1.807) is 18.2 Å². The largest absolute Gasteiger partial charge is 0.496 e. The van der Waals surface area contributed by atoms with Gasteiger partial charge < -0.3 is 19.3 Å². The molecule has 0 aliphatic rings.